The van der Waals surface area contributed by atoms with Crippen molar-refractivity contribution in [1.82, 2.24) is 0 Å². The Balaban J connectivity index is 3.49. The molecule has 22 heavy (non-hydrogen) atoms. The molecule has 0 spiro atoms. The average molecular weight is 302 g/mol. The molecule has 0 unspecified atom stereocenters. The summed E-state index contributed by atoms with van der Waals surface area (Å²) in [5.41, 5.74) is 0. The van der Waals surface area contributed by atoms with Gasteiger partial charge in [0, 0.05) is 6.42 Å². The summed E-state index contributed by atoms with van der Waals surface area (Å²) in [6.07, 6.45) is 28.4. The van der Waals surface area contributed by atoms with E-state index < -0.39 is 5.97 Å². The van der Waals surface area contributed by atoms with Crippen LogP contribution in [0.4, 0.5) is 0 Å². The van der Waals surface area contributed by atoms with Gasteiger partial charge in [-0.25, -0.2) is 0 Å². The van der Waals surface area contributed by atoms with Crippen molar-refractivity contribution in [1.29, 1.82) is 0 Å². The fourth-order valence-electron chi connectivity index (χ4n) is 1.73. The predicted molar refractivity (Wildman–Crippen MR) is 95.9 cm³/mol. The maximum atomic E-state index is 10.3. The molecule has 2 nitrogen and oxygen atoms in total. The van der Waals surface area contributed by atoms with Crippen molar-refractivity contribution in [3.63, 3.8) is 0 Å². The minimum absolute atomic E-state index is 0.273. The monoisotopic (exact) mass is 302 g/mol. The van der Waals surface area contributed by atoms with E-state index in [1.54, 1.807) is 0 Å². The third-order valence-corrected chi connectivity index (χ3v) is 2.96. The highest BCUT2D eigenvalue weighted by molar-refractivity contribution is 5.66. The maximum Gasteiger partial charge on any atom is 0.303 e. The molecule has 0 aromatic carbocycles. The van der Waals surface area contributed by atoms with E-state index in [-0.39, 0.29) is 6.42 Å². The molecule has 0 rings (SSSR count). The lowest BCUT2D eigenvalue weighted by molar-refractivity contribution is -0.137. The summed E-state index contributed by atoms with van der Waals surface area (Å²) in [6.45, 7) is 2.18. The molecule has 0 fully saturated rings. The molecule has 2 heteroatoms. The lowest BCUT2D eigenvalue weighted by Crippen LogP contribution is -1.92. The van der Waals surface area contributed by atoms with Gasteiger partial charge in [-0.05, 0) is 38.5 Å². The van der Waals surface area contributed by atoms with Gasteiger partial charge >= 0.3 is 5.97 Å². The zero-order valence-electron chi connectivity index (χ0n) is 13.8. The Morgan fingerprint density at radius 2 is 1.23 bits per heavy atom. The molecule has 0 aliphatic rings. The van der Waals surface area contributed by atoms with Crippen molar-refractivity contribution in [3.05, 3.63) is 60.8 Å². The van der Waals surface area contributed by atoms with E-state index in [0.717, 1.165) is 38.5 Å². The summed E-state index contributed by atoms with van der Waals surface area (Å²) < 4.78 is 0. The Bertz CT molecular complexity index is 398. The van der Waals surface area contributed by atoms with Gasteiger partial charge in [0.2, 0.25) is 0 Å². The van der Waals surface area contributed by atoms with Crippen LogP contribution >= 0.6 is 0 Å². The largest absolute Gasteiger partial charge is 0.481 e. The quantitative estimate of drug-likeness (QED) is 0.335. The summed E-state index contributed by atoms with van der Waals surface area (Å²) >= 11 is 0. The minimum Gasteiger partial charge on any atom is -0.481 e. The van der Waals surface area contributed by atoms with E-state index in [9.17, 15) is 4.79 Å². The molecule has 0 aliphatic heterocycles. The number of unbranched alkanes of at least 4 members (excludes halogenated alkanes) is 4. The van der Waals surface area contributed by atoms with Crippen LogP contribution in [0.2, 0.25) is 0 Å². The van der Waals surface area contributed by atoms with Gasteiger partial charge < -0.3 is 5.11 Å². The first-order valence-corrected chi connectivity index (χ1v) is 8.29. The van der Waals surface area contributed by atoms with Crippen LogP contribution in [-0.2, 0) is 4.79 Å². The zero-order chi connectivity index (χ0) is 16.3. The predicted octanol–water partition coefficient (Wildman–Crippen LogP) is 5.99. The van der Waals surface area contributed by atoms with Gasteiger partial charge in [-0.1, -0.05) is 74.1 Å². The van der Waals surface area contributed by atoms with Gasteiger partial charge in [-0.15, -0.1) is 0 Å². The van der Waals surface area contributed by atoms with Crippen molar-refractivity contribution < 1.29 is 9.90 Å². The minimum atomic E-state index is -0.708. The van der Waals surface area contributed by atoms with Crippen molar-refractivity contribution in [3.8, 4) is 0 Å². The third kappa shape index (κ3) is 18.2. The smallest absolute Gasteiger partial charge is 0.303 e. The van der Waals surface area contributed by atoms with Crippen molar-refractivity contribution in [2.45, 2.75) is 58.3 Å². The SMILES string of the molecule is CCC/C=C/C=C\CC/C=C/C=C/C=C\CCCCC(=O)O. The standard InChI is InChI=1S/C20H30O2/c1-2-3-4-5-6-7-8-9-10-11-12-13-14-15-16-17-18-19-20(21)22/h4-7,10-15H,2-3,8-9,16-19H2,1H3,(H,21,22)/b5-4+,7-6-,11-10+,13-12+,15-14-. The number of carboxylic acids is 1. The first-order chi connectivity index (χ1) is 10.8. The van der Waals surface area contributed by atoms with E-state index in [1.165, 1.54) is 6.42 Å². The third-order valence-electron chi connectivity index (χ3n) is 2.96. The molecule has 0 saturated carbocycles. The van der Waals surface area contributed by atoms with E-state index in [1.807, 2.05) is 18.2 Å². The van der Waals surface area contributed by atoms with Gasteiger partial charge in [0.15, 0.2) is 0 Å². The maximum absolute atomic E-state index is 10.3. The van der Waals surface area contributed by atoms with Gasteiger partial charge in [0.1, 0.15) is 0 Å². The molecule has 0 bridgehead atoms. The van der Waals surface area contributed by atoms with Crippen LogP contribution in [0.15, 0.2) is 60.8 Å². The van der Waals surface area contributed by atoms with Crippen LogP contribution in [0.25, 0.3) is 0 Å². The van der Waals surface area contributed by atoms with E-state index in [0.29, 0.717) is 0 Å². The lowest BCUT2D eigenvalue weighted by Gasteiger charge is -1.91. The van der Waals surface area contributed by atoms with E-state index in [4.69, 9.17) is 5.11 Å². The molecular weight excluding hydrogens is 272 g/mol. The summed E-state index contributed by atoms with van der Waals surface area (Å²) in [4.78, 5) is 10.3. The Kier molecular flexibility index (Phi) is 15.8. The summed E-state index contributed by atoms with van der Waals surface area (Å²) in [5, 5.41) is 8.49. The molecule has 0 aromatic rings. The Morgan fingerprint density at radius 1 is 0.727 bits per heavy atom. The summed E-state index contributed by atoms with van der Waals surface area (Å²) in [5.74, 6) is -0.708. The second kappa shape index (κ2) is 17.2. The molecule has 0 atom stereocenters. The average Bonchev–Trinajstić information content (AvgIpc) is 2.50. The van der Waals surface area contributed by atoms with Gasteiger partial charge in [-0.3, -0.25) is 4.79 Å². The fourth-order valence-corrected chi connectivity index (χ4v) is 1.73. The first kappa shape index (κ1) is 20.2. The summed E-state index contributed by atoms with van der Waals surface area (Å²) in [7, 11) is 0. The Hall–Kier alpha value is -1.83. The van der Waals surface area contributed by atoms with Crippen LogP contribution in [0.5, 0.6) is 0 Å². The number of aliphatic carboxylic acids is 1. The zero-order valence-corrected chi connectivity index (χ0v) is 13.8. The highest BCUT2D eigenvalue weighted by Crippen LogP contribution is 2.00. The van der Waals surface area contributed by atoms with Gasteiger partial charge in [0.05, 0.1) is 0 Å². The van der Waals surface area contributed by atoms with Crippen LogP contribution in [0.3, 0.4) is 0 Å². The fraction of sp³-hybridized carbons (Fsp3) is 0.450. The van der Waals surface area contributed by atoms with E-state index >= 15 is 0 Å². The Morgan fingerprint density at radius 3 is 1.77 bits per heavy atom. The van der Waals surface area contributed by atoms with E-state index in [2.05, 4.69) is 49.5 Å². The second-order valence-corrected chi connectivity index (χ2v) is 5.10. The lowest BCUT2D eigenvalue weighted by atomic mass is 10.2. The molecule has 0 amide bonds. The van der Waals surface area contributed by atoms with Gasteiger partial charge in [0.25, 0.3) is 0 Å². The number of carboxylic acid groups (broad SMARTS) is 1. The first-order valence-electron chi connectivity index (χ1n) is 8.29. The van der Waals surface area contributed by atoms with Crippen LogP contribution in [-0.4, -0.2) is 11.1 Å². The van der Waals surface area contributed by atoms with Crippen molar-refractivity contribution >= 4 is 5.97 Å². The van der Waals surface area contributed by atoms with Crippen LogP contribution in [0, 0.1) is 0 Å². The topological polar surface area (TPSA) is 37.3 Å². The molecule has 0 aromatic heterocycles. The Labute approximate surface area is 135 Å². The molecule has 0 saturated heterocycles. The van der Waals surface area contributed by atoms with Gasteiger partial charge in [-0.2, -0.15) is 0 Å². The number of rotatable bonds is 13. The number of carbonyl (C=O) groups is 1. The van der Waals surface area contributed by atoms with Crippen LogP contribution in [0.1, 0.15) is 58.3 Å². The second-order valence-electron chi connectivity index (χ2n) is 5.10. The molecule has 0 aliphatic carbocycles. The number of hydrogen-bond donors (Lipinski definition) is 1. The summed E-state index contributed by atoms with van der Waals surface area (Å²) in [6, 6.07) is 0. The molecular formula is C20H30O2. The van der Waals surface area contributed by atoms with Crippen molar-refractivity contribution in [2.24, 2.45) is 0 Å². The highest BCUT2D eigenvalue weighted by Gasteiger charge is 1.93. The molecule has 0 radical (unpaired) electrons. The van der Waals surface area contributed by atoms with Crippen molar-refractivity contribution in [2.75, 3.05) is 0 Å². The normalized spacial score (nSPS) is 12.8. The molecule has 122 valence electrons. The molecule has 1 N–H and O–H groups in total. The number of allylic oxidation sites excluding steroid dienone is 10. The highest BCUT2D eigenvalue weighted by atomic mass is 16.4. The van der Waals surface area contributed by atoms with Crippen LogP contribution < -0.4 is 0 Å². The molecule has 0 heterocycles. The number of hydrogen-bond acceptors (Lipinski definition) is 1.